The molecule has 0 saturated carbocycles. The third-order valence-corrected chi connectivity index (χ3v) is 2.92. The van der Waals surface area contributed by atoms with Crippen LogP contribution in [0.5, 0.6) is 0 Å². The van der Waals surface area contributed by atoms with Crippen LogP contribution >= 0.6 is 0 Å². The SMILES string of the molecule is CCC(C)C(CC(=O)O)OC(=O)c1ccccc1. The minimum absolute atomic E-state index is 0.0220. The highest BCUT2D eigenvalue weighted by atomic mass is 16.5. The Morgan fingerprint density at radius 3 is 2.39 bits per heavy atom. The predicted molar refractivity (Wildman–Crippen MR) is 67.4 cm³/mol. The molecule has 0 bridgehead atoms. The zero-order valence-corrected chi connectivity index (χ0v) is 10.6. The van der Waals surface area contributed by atoms with E-state index in [2.05, 4.69) is 0 Å². The Morgan fingerprint density at radius 2 is 1.89 bits per heavy atom. The number of carboxylic acid groups (broad SMARTS) is 1. The highest BCUT2D eigenvalue weighted by molar-refractivity contribution is 5.89. The number of rotatable bonds is 6. The van der Waals surface area contributed by atoms with E-state index in [0.29, 0.717) is 5.56 Å². The van der Waals surface area contributed by atoms with Gasteiger partial charge in [-0.2, -0.15) is 0 Å². The van der Waals surface area contributed by atoms with E-state index in [1.807, 2.05) is 13.8 Å². The number of esters is 1. The second-order valence-corrected chi connectivity index (χ2v) is 4.29. The normalized spacial score (nSPS) is 13.7. The first-order valence-electron chi connectivity index (χ1n) is 6.02. The minimum Gasteiger partial charge on any atom is -0.481 e. The fraction of sp³-hybridized carbons (Fsp3) is 0.429. The van der Waals surface area contributed by atoms with Gasteiger partial charge >= 0.3 is 11.9 Å². The van der Waals surface area contributed by atoms with Crippen LogP contribution in [0, 0.1) is 5.92 Å². The van der Waals surface area contributed by atoms with E-state index in [1.165, 1.54) is 0 Å². The molecule has 0 spiro atoms. The van der Waals surface area contributed by atoms with Gasteiger partial charge in [0.25, 0.3) is 0 Å². The molecule has 1 aromatic rings. The third kappa shape index (κ3) is 4.20. The predicted octanol–water partition coefficient (Wildman–Crippen LogP) is 2.73. The molecule has 0 fully saturated rings. The van der Waals surface area contributed by atoms with Gasteiger partial charge in [-0.3, -0.25) is 4.79 Å². The average molecular weight is 250 g/mol. The Kier molecular flexibility index (Phi) is 5.36. The maximum Gasteiger partial charge on any atom is 0.338 e. The van der Waals surface area contributed by atoms with Crippen molar-refractivity contribution in [3.05, 3.63) is 35.9 Å². The standard InChI is InChI=1S/C14H18O4/c1-3-10(2)12(9-13(15)16)18-14(17)11-7-5-4-6-8-11/h4-8,10,12H,3,9H2,1-2H3,(H,15,16). The van der Waals surface area contributed by atoms with Gasteiger partial charge in [-0.15, -0.1) is 0 Å². The number of carbonyl (C=O) groups excluding carboxylic acids is 1. The Labute approximate surface area is 107 Å². The largest absolute Gasteiger partial charge is 0.481 e. The molecular formula is C14H18O4. The van der Waals surface area contributed by atoms with E-state index < -0.39 is 18.0 Å². The number of aliphatic carboxylic acids is 1. The lowest BCUT2D eigenvalue weighted by molar-refractivity contribution is -0.140. The van der Waals surface area contributed by atoms with Gasteiger partial charge in [-0.05, 0) is 18.1 Å². The number of carboxylic acids is 1. The highest BCUT2D eigenvalue weighted by Crippen LogP contribution is 2.17. The van der Waals surface area contributed by atoms with Gasteiger partial charge in [-0.1, -0.05) is 38.5 Å². The molecule has 2 unspecified atom stereocenters. The number of hydrogen-bond acceptors (Lipinski definition) is 3. The minimum atomic E-state index is -0.957. The maximum atomic E-state index is 11.8. The van der Waals surface area contributed by atoms with E-state index in [4.69, 9.17) is 9.84 Å². The van der Waals surface area contributed by atoms with Crippen LogP contribution in [0.15, 0.2) is 30.3 Å². The number of hydrogen-bond donors (Lipinski definition) is 1. The second-order valence-electron chi connectivity index (χ2n) is 4.29. The Balaban J connectivity index is 2.71. The third-order valence-electron chi connectivity index (χ3n) is 2.92. The molecule has 0 amide bonds. The summed E-state index contributed by atoms with van der Waals surface area (Å²) >= 11 is 0. The quantitative estimate of drug-likeness (QED) is 0.788. The van der Waals surface area contributed by atoms with Crippen LogP contribution in [0.3, 0.4) is 0 Å². The van der Waals surface area contributed by atoms with Gasteiger partial charge in [-0.25, -0.2) is 4.79 Å². The van der Waals surface area contributed by atoms with Crippen molar-refractivity contribution in [2.75, 3.05) is 0 Å². The average Bonchev–Trinajstić information content (AvgIpc) is 2.37. The molecule has 1 rings (SSSR count). The molecule has 0 saturated heterocycles. The van der Waals surface area contributed by atoms with Crippen molar-refractivity contribution in [3.63, 3.8) is 0 Å². The van der Waals surface area contributed by atoms with Crippen LogP contribution in [0.25, 0.3) is 0 Å². The zero-order valence-electron chi connectivity index (χ0n) is 10.6. The maximum absolute atomic E-state index is 11.8. The van der Waals surface area contributed by atoms with Crippen molar-refractivity contribution in [2.45, 2.75) is 32.8 Å². The lowest BCUT2D eigenvalue weighted by atomic mass is 9.99. The van der Waals surface area contributed by atoms with Crippen LogP contribution in [0.1, 0.15) is 37.0 Å². The van der Waals surface area contributed by atoms with Gasteiger partial charge in [0, 0.05) is 0 Å². The van der Waals surface area contributed by atoms with Crippen molar-refractivity contribution in [3.8, 4) is 0 Å². The summed E-state index contributed by atoms with van der Waals surface area (Å²) in [5.74, 6) is -1.41. The zero-order chi connectivity index (χ0) is 13.5. The van der Waals surface area contributed by atoms with E-state index in [9.17, 15) is 9.59 Å². The first-order chi connectivity index (χ1) is 8.54. The Morgan fingerprint density at radius 1 is 1.28 bits per heavy atom. The van der Waals surface area contributed by atoms with Crippen molar-refractivity contribution in [2.24, 2.45) is 5.92 Å². The number of ether oxygens (including phenoxy) is 1. The van der Waals surface area contributed by atoms with Crippen molar-refractivity contribution >= 4 is 11.9 Å². The second kappa shape index (κ2) is 6.79. The molecule has 0 heterocycles. The van der Waals surface area contributed by atoms with E-state index in [-0.39, 0.29) is 12.3 Å². The highest BCUT2D eigenvalue weighted by Gasteiger charge is 2.23. The summed E-state index contributed by atoms with van der Waals surface area (Å²) in [7, 11) is 0. The monoisotopic (exact) mass is 250 g/mol. The molecule has 0 aliphatic heterocycles. The smallest absolute Gasteiger partial charge is 0.338 e. The lowest BCUT2D eigenvalue weighted by Crippen LogP contribution is -2.27. The van der Waals surface area contributed by atoms with Crippen molar-refractivity contribution in [1.29, 1.82) is 0 Å². The summed E-state index contributed by atoms with van der Waals surface area (Å²) in [6.07, 6.45) is 0.0216. The summed E-state index contributed by atoms with van der Waals surface area (Å²) in [4.78, 5) is 22.6. The van der Waals surface area contributed by atoms with Crippen LogP contribution in [-0.4, -0.2) is 23.1 Å². The van der Waals surface area contributed by atoms with Gasteiger partial charge in [0.2, 0.25) is 0 Å². The summed E-state index contributed by atoms with van der Waals surface area (Å²) in [5, 5.41) is 8.82. The number of carbonyl (C=O) groups is 2. The van der Waals surface area contributed by atoms with Gasteiger partial charge < -0.3 is 9.84 Å². The fourth-order valence-electron chi connectivity index (χ4n) is 1.57. The molecule has 1 aromatic carbocycles. The molecule has 18 heavy (non-hydrogen) atoms. The molecule has 2 atom stereocenters. The molecule has 4 heteroatoms. The molecule has 0 aromatic heterocycles. The molecule has 98 valence electrons. The van der Waals surface area contributed by atoms with Crippen LogP contribution in [0.4, 0.5) is 0 Å². The van der Waals surface area contributed by atoms with Gasteiger partial charge in [0.1, 0.15) is 6.10 Å². The van der Waals surface area contributed by atoms with Gasteiger partial charge in [0.05, 0.1) is 12.0 Å². The summed E-state index contributed by atoms with van der Waals surface area (Å²) < 4.78 is 5.28. The molecule has 4 nitrogen and oxygen atoms in total. The lowest BCUT2D eigenvalue weighted by Gasteiger charge is -2.21. The molecule has 0 aliphatic rings. The van der Waals surface area contributed by atoms with E-state index in [0.717, 1.165) is 6.42 Å². The van der Waals surface area contributed by atoms with Crippen molar-refractivity contribution in [1.82, 2.24) is 0 Å². The summed E-state index contributed by atoms with van der Waals surface area (Å²) in [6, 6.07) is 8.59. The first-order valence-corrected chi connectivity index (χ1v) is 6.02. The molecule has 0 radical (unpaired) electrons. The topological polar surface area (TPSA) is 63.6 Å². The summed E-state index contributed by atoms with van der Waals surface area (Å²) in [5.41, 5.74) is 0.441. The van der Waals surface area contributed by atoms with Gasteiger partial charge in [0.15, 0.2) is 0 Å². The molecule has 0 aliphatic carbocycles. The Bertz CT molecular complexity index is 400. The van der Waals surface area contributed by atoms with E-state index in [1.54, 1.807) is 30.3 Å². The first kappa shape index (κ1) is 14.2. The van der Waals surface area contributed by atoms with E-state index >= 15 is 0 Å². The van der Waals surface area contributed by atoms with Crippen LogP contribution in [0.2, 0.25) is 0 Å². The van der Waals surface area contributed by atoms with Crippen LogP contribution < -0.4 is 0 Å². The Hall–Kier alpha value is -1.84. The molecular weight excluding hydrogens is 232 g/mol. The van der Waals surface area contributed by atoms with Crippen LogP contribution in [-0.2, 0) is 9.53 Å². The molecule has 1 N–H and O–H groups in total. The number of benzene rings is 1. The summed E-state index contributed by atoms with van der Waals surface area (Å²) in [6.45, 7) is 3.82. The van der Waals surface area contributed by atoms with Crippen molar-refractivity contribution < 1.29 is 19.4 Å². The fourth-order valence-corrected chi connectivity index (χ4v) is 1.57.